The van der Waals surface area contributed by atoms with E-state index in [4.69, 9.17) is 5.73 Å². The maximum absolute atomic E-state index is 12.8. The number of rotatable bonds is 5. The zero-order valence-electron chi connectivity index (χ0n) is 14.5. The molecule has 4 atom stereocenters. The molecule has 0 spiro atoms. The number of aliphatic imine (C=N–C) groups is 1. The molecule has 1 aromatic rings. The van der Waals surface area contributed by atoms with Crippen molar-refractivity contribution in [2.45, 2.75) is 42.0 Å². The van der Waals surface area contributed by atoms with Crippen LogP contribution in [0, 0.1) is 0 Å². The summed E-state index contributed by atoms with van der Waals surface area (Å²) in [7, 11) is 1.51. The van der Waals surface area contributed by atoms with Crippen LogP contribution in [0.2, 0.25) is 0 Å². The maximum Gasteiger partial charge on any atom is 0.327 e. The van der Waals surface area contributed by atoms with Gasteiger partial charge < -0.3 is 21.1 Å². The number of thiophene rings is 1. The minimum atomic E-state index is -1.04. The number of nitrogens with zero attached hydrogens (tertiary/aromatic N) is 2. The summed E-state index contributed by atoms with van der Waals surface area (Å²) in [6.07, 6.45) is 0. The fraction of sp³-hybridized carbons (Fsp3) is 0.500. The van der Waals surface area contributed by atoms with Gasteiger partial charge in [-0.25, -0.2) is 4.79 Å². The standard InChI is InChI=1S/C16H20N4O4S2/c1-16(2)10(15(23)24)20-13(22)9(14(20)26-16)19-12(21)8(11(17)18-3)7-5-4-6-25-7/h4-6,8-10,14H,1-3H3,(H2,17,18)(H,19,21)(H,23,24)/t8?,9?,10-,14+/m0/s1. The van der Waals surface area contributed by atoms with Gasteiger partial charge in [0, 0.05) is 16.7 Å². The average molecular weight is 396 g/mol. The molecule has 2 unspecified atom stereocenters. The van der Waals surface area contributed by atoms with E-state index in [2.05, 4.69) is 10.3 Å². The molecular weight excluding hydrogens is 376 g/mol. The minimum Gasteiger partial charge on any atom is -0.480 e. The largest absolute Gasteiger partial charge is 0.480 e. The van der Waals surface area contributed by atoms with E-state index in [9.17, 15) is 19.5 Å². The zero-order valence-corrected chi connectivity index (χ0v) is 16.1. The van der Waals surface area contributed by atoms with Crippen molar-refractivity contribution in [3.63, 3.8) is 0 Å². The molecule has 8 nitrogen and oxygen atoms in total. The molecule has 0 bridgehead atoms. The third-order valence-electron chi connectivity index (χ3n) is 4.62. The Morgan fingerprint density at radius 1 is 1.46 bits per heavy atom. The van der Waals surface area contributed by atoms with E-state index in [0.29, 0.717) is 0 Å². The topological polar surface area (TPSA) is 125 Å². The molecule has 3 rings (SSSR count). The van der Waals surface area contributed by atoms with Gasteiger partial charge in [0.05, 0.1) is 0 Å². The Bertz CT molecular complexity index is 777. The quantitative estimate of drug-likeness (QED) is 0.377. The smallest absolute Gasteiger partial charge is 0.327 e. The van der Waals surface area contributed by atoms with Gasteiger partial charge in [-0.15, -0.1) is 23.1 Å². The molecular formula is C16H20N4O4S2. The highest BCUT2D eigenvalue weighted by Gasteiger charge is 2.64. The van der Waals surface area contributed by atoms with Crippen LogP contribution < -0.4 is 11.1 Å². The number of fused-ring (bicyclic) bond motifs is 1. The predicted molar refractivity (Wildman–Crippen MR) is 100 cm³/mol. The van der Waals surface area contributed by atoms with Crippen molar-refractivity contribution < 1.29 is 19.5 Å². The summed E-state index contributed by atoms with van der Waals surface area (Å²) in [5, 5.41) is 13.6. The first-order valence-corrected chi connectivity index (χ1v) is 9.73. The lowest BCUT2D eigenvalue weighted by atomic mass is 9.95. The third-order valence-corrected chi connectivity index (χ3v) is 7.13. The van der Waals surface area contributed by atoms with Gasteiger partial charge in [0.25, 0.3) is 0 Å². The second-order valence-electron chi connectivity index (χ2n) is 6.68. The van der Waals surface area contributed by atoms with Crippen molar-refractivity contribution in [2.75, 3.05) is 7.05 Å². The van der Waals surface area contributed by atoms with Crippen molar-refractivity contribution in [3.8, 4) is 0 Å². The Morgan fingerprint density at radius 2 is 2.15 bits per heavy atom. The number of carboxylic acid groups (broad SMARTS) is 1. The number of nitrogens with one attached hydrogen (secondary N) is 1. The molecule has 10 heteroatoms. The molecule has 140 valence electrons. The number of hydrogen-bond donors (Lipinski definition) is 3. The van der Waals surface area contributed by atoms with E-state index in [0.717, 1.165) is 4.88 Å². The number of amidine groups is 1. The van der Waals surface area contributed by atoms with Crippen LogP contribution in [0.15, 0.2) is 22.5 Å². The number of aliphatic carboxylic acids is 1. The van der Waals surface area contributed by atoms with Crippen LogP contribution in [0.3, 0.4) is 0 Å². The minimum absolute atomic E-state index is 0.163. The van der Waals surface area contributed by atoms with Gasteiger partial charge in [0.2, 0.25) is 11.8 Å². The van der Waals surface area contributed by atoms with Crippen LogP contribution in [-0.4, -0.2) is 62.9 Å². The van der Waals surface area contributed by atoms with Crippen molar-refractivity contribution in [3.05, 3.63) is 22.4 Å². The monoisotopic (exact) mass is 396 g/mol. The molecule has 0 saturated carbocycles. The highest BCUT2D eigenvalue weighted by molar-refractivity contribution is 8.01. The van der Waals surface area contributed by atoms with Crippen LogP contribution in [0.1, 0.15) is 24.6 Å². The normalized spacial score (nSPS) is 28.3. The first-order chi connectivity index (χ1) is 12.2. The molecule has 2 amide bonds. The van der Waals surface area contributed by atoms with Gasteiger partial charge in [-0.3, -0.25) is 14.6 Å². The fourth-order valence-corrected chi connectivity index (χ4v) is 5.84. The highest BCUT2D eigenvalue weighted by Crippen LogP contribution is 2.50. The molecule has 0 aliphatic carbocycles. The molecule has 2 saturated heterocycles. The van der Waals surface area contributed by atoms with Gasteiger partial charge in [0.1, 0.15) is 29.2 Å². The lowest BCUT2D eigenvalue weighted by Gasteiger charge is -2.43. The summed E-state index contributed by atoms with van der Waals surface area (Å²) in [5.41, 5.74) is 5.91. The van der Waals surface area contributed by atoms with Crippen LogP contribution >= 0.6 is 23.1 Å². The van der Waals surface area contributed by atoms with Crippen molar-refractivity contribution in [1.82, 2.24) is 10.2 Å². The number of nitrogens with two attached hydrogens (primary N) is 1. The van der Waals surface area contributed by atoms with E-state index in [-0.39, 0.29) is 11.7 Å². The number of thioether (sulfide) groups is 1. The summed E-state index contributed by atoms with van der Waals surface area (Å²) in [6, 6.07) is 1.93. The number of hydrogen-bond acceptors (Lipinski definition) is 6. The van der Waals surface area contributed by atoms with Gasteiger partial charge in [-0.05, 0) is 25.3 Å². The molecule has 0 aromatic carbocycles. The third kappa shape index (κ3) is 2.86. The molecule has 2 aliphatic rings. The molecule has 4 N–H and O–H groups in total. The second-order valence-corrected chi connectivity index (χ2v) is 9.43. The van der Waals surface area contributed by atoms with Gasteiger partial charge in [-0.1, -0.05) is 6.07 Å². The fourth-order valence-electron chi connectivity index (χ4n) is 3.38. The number of carbonyl (C=O) groups excluding carboxylic acids is 2. The second kappa shape index (κ2) is 6.58. The Kier molecular flexibility index (Phi) is 4.74. The summed E-state index contributed by atoms with van der Waals surface area (Å²) in [5.74, 6) is -2.44. The maximum atomic E-state index is 12.8. The van der Waals surface area contributed by atoms with Gasteiger partial charge >= 0.3 is 5.97 Å². The molecule has 26 heavy (non-hydrogen) atoms. The Hall–Kier alpha value is -2.07. The highest BCUT2D eigenvalue weighted by atomic mass is 32.2. The molecule has 3 heterocycles. The van der Waals surface area contributed by atoms with E-state index >= 15 is 0 Å². The SMILES string of the molecule is CN=C(N)C(C(=O)NC1C(=O)N2[C@@H]1SC(C)(C)[C@@H]2C(=O)O)c1cccs1. The summed E-state index contributed by atoms with van der Waals surface area (Å²) >= 11 is 2.76. The summed E-state index contributed by atoms with van der Waals surface area (Å²) in [6.45, 7) is 3.58. The predicted octanol–water partition coefficient (Wildman–Crippen LogP) is 0.450. The lowest BCUT2D eigenvalue weighted by molar-refractivity contribution is -0.161. The number of carbonyl (C=O) groups is 3. The molecule has 2 fully saturated rings. The van der Waals surface area contributed by atoms with Crippen molar-refractivity contribution in [2.24, 2.45) is 10.7 Å². The van der Waals surface area contributed by atoms with Crippen molar-refractivity contribution >= 4 is 46.7 Å². The zero-order chi connectivity index (χ0) is 19.2. The Balaban J connectivity index is 1.79. The first kappa shape index (κ1) is 18.7. The average Bonchev–Trinajstić information content (AvgIpc) is 3.17. The lowest BCUT2D eigenvalue weighted by Crippen LogP contribution is -2.71. The van der Waals surface area contributed by atoms with Gasteiger partial charge in [-0.2, -0.15) is 0 Å². The number of carboxylic acids is 1. The van der Waals surface area contributed by atoms with E-state index in [1.165, 1.54) is 35.0 Å². The van der Waals surface area contributed by atoms with Crippen LogP contribution in [0.5, 0.6) is 0 Å². The molecule has 2 aliphatic heterocycles. The van der Waals surface area contributed by atoms with E-state index in [1.54, 1.807) is 19.9 Å². The number of amides is 2. The van der Waals surface area contributed by atoms with E-state index < -0.39 is 40.0 Å². The summed E-state index contributed by atoms with van der Waals surface area (Å²) < 4.78 is -0.636. The Morgan fingerprint density at radius 3 is 2.69 bits per heavy atom. The molecule has 1 aromatic heterocycles. The van der Waals surface area contributed by atoms with E-state index in [1.807, 2.05) is 11.4 Å². The summed E-state index contributed by atoms with van der Waals surface area (Å²) in [4.78, 5) is 42.8. The number of β-lactam (4-membered cyclic amide) rings is 1. The van der Waals surface area contributed by atoms with Crippen LogP contribution in [-0.2, 0) is 14.4 Å². The molecule has 0 radical (unpaired) electrons. The Labute approximate surface area is 158 Å². The van der Waals surface area contributed by atoms with Crippen molar-refractivity contribution in [1.29, 1.82) is 0 Å². The first-order valence-electron chi connectivity index (χ1n) is 7.97. The van der Waals surface area contributed by atoms with Gasteiger partial charge in [0.15, 0.2) is 0 Å². The van der Waals surface area contributed by atoms with Crippen LogP contribution in [0.25, 0.3) is 0 Å². The van der Waals surface area contributed by atoms with Crippen LogP contribution in [0.4, 0.5) is 0 Å².